The Labute approximate surface area is 125 Å². The van der Waals surface area contributed by atoms with Gasteiger partial charge in [-0.25, -0.2) is 9.78 Å². The number of nitrogens with zero attached hydrogens (tertiary/aromatic N) is 2. The van der Waals surface area contributed by atoms with Gasteiger partial charge >= 0.3 is 6.09 Å². The van der Waals surface area contributed by atoms with E-state index in [1.807, 2.05) is 44.0 Å². The van der Waals surface area contributed by atoms with Crippen molar-refractivity contribution in [3.8, 4) is 0 Å². The Kier molecular flexibility index (Phi) is 3.30. The maximum Gasteiger partial charge on any atom is 0.410 e. The highest BCUT2D eigenvalue weighted by atomic mass is 16.6. The van der Waals surface area contributed by atoms with Crippen LogP contribution in [0.25, 0.3) is 0 Å². The number of pyridine rings is 1. The average Bonchev–Trinajstić information content (AvgIpc) is 2.95. The fraction of sp³-hybridized carbons (Fsp3) is 0.625. The van der Waals surface area contributed by atoms with E-state index in [1.165, 1.54) is 5.56 Å². The summed E-state index contributed by atoms with van der Waals surface area (Å²) in [6, 6.07) is 4.39. The van der Waals surface area contributed by atoms with Crippen molar-refractivity contribution < 1.29 is 9.53 Å². The van der Waals surface area contributed by atoms with Crippen LogP contribution in [0.1, 0.15) is 51.5 Å². The van der Waals surface area contributed by atoms with Gasteiger partial charge in [0.25, 0.3) is 0 Å². The van der Waals surface area contributed by atoms with Crippen LogP contribution < -0.4 is 5.73 Å². The van der Waals surface area contributed by atoms with Crippen LogP contribution in [0.3, 0.4) is 0 Å². The van der Waals surface area contributed by atoms with Gasteiger partial charge in [0.15, 0.2) is 0 Å². The number of hydrogen-bond acceptors (Lipinski definition) is 4. The number of ether oxygens (including phenoxy) is 1. The zero-order valence-corrected chi connectivity index (χ0v) is 12.9. The molecule has 114 valence electrons. The van der Waals surface area contributed by atoms with Gasteiger partial charge in [0.2, 0.25) is 0 Å². The smallest absolute Gasteiger partial charge is 0.410 e. The standard InChI is InChI=1S/C16H23N3O2/c1-16(2,3)21-15(20)19-11-5-6-13(19)12(8-11)10-4-7-14(17)18-9-10/h4,7,9,11-13H,5-6,8H2,1-3H3,(H2,17,18)/t11-,12+,13+/m0/s1. The summed E-state index contributed by atoms with van der Waals surface area (Å²) in [5, 5.41) is 0. The lowest BCUT2D eigenvalue weighted by Crippen LogP contribution is -2.40. The Balaban J connectivity index is 1.78. The quantitative estimate of drug-likeness (QED) is 0.863. The van der Waals surface area contributed by atoms with Crippen molar-refractivity contribution in [2.75, 3.05) is 5.73 Å². The first-order valence-electron chi connectivity index (χ1n) is 7.58. The summed E-state index contributed by atoms with van der Waals surface area (Å²) in [6.07, 6.45) is 4.77. The molecule has 2 bridgehead atoms. The van der Waals surface area contributed by atoms with Crippen molar-refractivity contribution in [3.05, 3.63) is 23.9 Å². The van der Waals surface area contributed by atoms with Crippen LogP contribution in [0.2, 0.25) is 0 Å². The van der Waals surface area contributed by atoms with Gasteiger partial charge in [-0.1, -0.05) is 6.07 Å². The number of nitrogens with two attached hydrogens (primary N) is 1. The second-order valence-corrected chi connectivity index (χ2v) is 7.04. The Hall–Kier alpha value is -1.78. The first kappa shape index (κ1) is 14.2. The van der Waals surface area contributed by atoms with Gasteiger partial charge in [-0.3, -0.25) is 0 Å². The first-order chi connectivity index (χ1) is 9.85. The summed E-state index contributed by atoms with van der Waals surface area (Å²) in [5.41, 5.74) is 6.37. The Bertz CT molecular complexity index is 535. The lowest BCUT2D eigenvalue weighted by Gasteiger charge is -2.28. The molecular weight excluding hydrogens is 266 g/mol. The third-order valence-corrected chi connectivity index (χ3v) is 4.38. The van der Waals surface area contributed by atoms with Crippen molar-refractivity contribution in [1.29, 1.82) is 0 Å². The molecule has 2 aliphatic rings. The number of aromatic nitrogens is 1. The van der Waals surface area contributed by atoms with Crippen molar-refractivity contribution >= 4 is 11.9 Å². The van der Waals surface area contributed by atoms with Gasteiger partial charge in [-0.15, -0.1) is 0 Å². The normalized spacial score (nSPS) is 28.0. The third-order valence-electron chi connectivity index (χ3n) is 4.38. The topological polar surface area (TPSA) is 68.5 Å². The van der Waals surface area contributed by atoms with E-state index in [2.05, 4.69) is 4.98 Å². The maximum absolute atomic E-state index is 12.4. The summed E-state index contributed by atoms with van der Waals surface area (Å²) in [5.74, 6) is 0.885. The molecule has 21 heavy (non-hydrogen) atoms. The number of nitrogen functional groups attached to an aromatic ring is 1. The lowest BCUT2D eigenvalue weighted by atomic mass is 9.85. The number of carbonyl (C=O) groups excluding carboxylic acids is 1. The predicted octanol–water partition coefficient (Wildman–Crippen LogP) is 2.92. The van der Waals surface area contributed by atoms with Gasteiger partial charge < -0.3 is 15.4 Å². The van der Waals surface area contributed by atoms with Crippen molar-refractivity contribution in [2.24, 2.45) is 0 Å². The zero-order valence-electron chi connectivity index (χ0n) is 12.9. The van der Waals surface area contributed by atoms with Crippen LogP contribution in [0.15, 0.2) is 18.3 Å². The summed E-state index contributed by atoms with van der Waals surface area (Å²) < 4.78 is 5.56. The molecule has 5 heteroatoms. The highest BCUT2D eigenvalue weighted by Crippen LogP contribution is 2.47. The SMILES string of the molecule is CC(C)(C)OC(=O)N1[C@H]2CC[C@@H]1[C@@H](c1ccc(N)nc1)C2. The number of fused-ring (bicyclic) bond motifs is 2. The Morgan fingerprint density at radius 1 is 1.38 bits per heavy atom. The van der Waals surface area contributed by atoms with Crippen LogP contribution in [-0.2, 0) is 4.74 Å². The largest absolute Gasteiger partial charge is 0.444 e. The Morgan fingerprint density at radius 2 is 2.14 bits per heavy atom. The van der Waals surface area contributed by atoms with E-state index in [-0.39, 0.29) is 12.1 Å². The summed E-state index contributed by atoms with van der Waals surface area (Å²) in [7, 11) is 0. The minimum Gasteiger partial charge on any atom is -0.444 e. The minimum atomic E-state index is -0.447. The minimum absolute atomic E-state index is 0.180. The number of anilines is 1. The molecule has 0 radical (unpaired) electrons. The molecule has 3 atom stereocenters. The van der Waals surface area contributed by atoms with Crippen molar-refractivity contribution in [2.45, 2.75) is 63.6 Å². The second-order valence-electron chi connectivity index (χ2n) is 7.04. The Morgan fingerprint density at radius 3 is 2.76 bits per heavy atom. The number of rotatable bonds is 1. The molecule has 0 unspecified atom stereocenters. The van der Waals surface area contributed by atoms with Crippen LogP contribution >= 0.6 is 0 Å². The molecule has 2 saturated heterocycles. The first-order valence-corrected chi connectivity index (χ1v) is 7.58. The molecule has 3 heterocycles. The van der Waals surface area contributed by atoms with Gasteiger partial charge in [0.05, 0.1) is 0 Å². The summed E-state index contributed by atoms with van der Waals surface area (Å²) >= 11 is 0. The van der Waals surface area contributed by atoms with Gasteiger partial charge in [-0.05, 0) is 51.7 Å². The molecule has 0 saturated carbocycles. The molecule has 1 amide bonds. The molecule has 2 fully saturated rings. The monoisotopic (exact) mass is 289 g/mol. The highest BCUT2D eigenvalue weighted by Gasteiger charge is 2.50. The lowest BCUT2D eigenvalue weighted by molar-refractivity contribution is 0.0213. The molecule has 5 nitrogen and oxygen atoms in total. The number of hydrogen-bond donors (Lipinski definition) is 1. The molecular formula is C16H23N3O2. The third kappa shape index (κ3) is 2.69. The fourth-order valence-corrected chi connectivity index (χ4v) is 3.58. The summed E-state index contributed by atoms with van der Waals surface area (Å²) in [6.45, 7) is 5.72. The van der Waals surface area contributed by atoms with Gasteiger partial charge in [-0.2, -0.15) is 0 Å². The van der Waals surface area contributed by atoms with E-state index in [0.29, 0.717) is 17.8 Å². The van der Waals surface area contributed by atoms with Gasteiger partial charge in [0, 0.05) is 24.2 Å². The van der Waals surface area contributed by atoms with Gasteiger partial charge in [0.1, 0.15) is 11.4 Å². The summed E-state index contributed by atoms with van der Waals surface area (Å²) in [4.78, 5) is 18.6. The van der Waals surface area contributed by atoms with Crippen LogP contribution in [0.5, 0.6) is 0 Å². The van der Waals surface area contributed by atoms with E-state index in [4.69, 9.17) is 10.5 Å². The maximum atomic E-state index is 12.4. The molecule has 0 aromatic carbocycles. The molecule has 2 aliphatic heterocycles. The van der Waals surface area contributed by atoms with Crippen LogP contribution in [0.4, 0.5) is 10.6 Å². The van der Waals surface area contributed by atoms with Crippen molar-refractivity contribution in [3.63, 3.8) is 0 Å². The molecule has 0 aliphatic carbocycles. The van der Waals surface area contributed by atoms with E-state index in [0.717, 1.165) is 19.3 Å². The second kappa shape index (κ2) is 4.90. The molecule has 1 aromatic rings. The molecule has 3 rings (SSSR count). The number of amides is 1. The van der Waals surface area contributed by atoms with E-state index in [1.54, 1.807) is 0 Å². The van der Waals surface area contributed by atoms with E-state index in [9.17, 15) is 4.79 Å². The molecule has 0 spiro atoms. The highest BCUT2D eigenvalue weighted by molar-refractivity contribution is 5.70. The molecule has 2 N–H and O–H groups in total. The average molecular weight is 289 g/mol. The van der Waals surface area contributed by atoms with Crippen LogP contribution in [0, 0.1) is 0 Å². The van der Waals surface area contributed by atoms with E-state index < -0.39 is 5.60 Å². The zero-order chi connectivity index (χ0) is 15.2. The fourth-order valence-electron chi connectivity index (χ4n) is 3.58. The number of carbonyl (C=O) groups is 1. The predicted molar refractivity (Wildman–Crippen MR) is 80.9 cm³/mol. The molecule has 1 aromatic heterocycles. The van der Waals surface area contributed by atoms with E-state index >= 15 is 0 Å². The van der Waals surface area contributed by atoms with Crippen LogP contribution in [-0.4, -0.2) is 33.7 Å². The van der Waals surface area contributed by atoms with Crippen molar-refractivity contribution in [1.82, 2.24) is 9.88 Å².